The fourth-order valence-corrected chi connectivity index (χ4v) is 2.85. The molecule has 100 valence electrons. The SMILES string of the molecule is CCCCN(C)N1CCCCC1c1ccccc1. The van der Waals surface area contributed by atoms with E-state index in [4.69, 9.17) is 0 Å². The van der Waals surface area contributed by atoms with Crippen LogP contribution in [0.4, 0.5) is 0 Å². The van der Waals surface area contributed by atoms with E-state index in [1.165, 1.54) is 50.8 Å². The average molecular weight is 246 g/mol. The summed E-state index contributed by atoms with van der Waals surface area (Å²) in [6, 6.07) is 11.6. The molecule has 1 heterocycles. The minimum absolute atomic E-state index is 0.585. The van der Waals surface area contributed by atoms with Gasteiger partial charge in [0.25, 0.3) is 0 Å². The molecule has 1 aromatic rings. The average Bonchev–Trinajstić information content (AvgIpc) is 2.45. The lowest BCUT2D eigenvalue weighted by atomic mass is 9.97. The molecule has 1 unspecified atom stereocenters. The van der Waals surface area contributed by atoms with Gasteiger partial charge in [-0.15, -0.1) is 0 Å². The lowest BCUT2D eigenvalue weighted by Gasteiger charge is -2.41. The van der Waals surface area contributed by atoms with Gasteiger partial charge in [-0.25, -0.2) is 10.0 Å². The van der Waals surface area contributed by atoms with Crippen LogP contribution in [0.3, 0.4) is 0 Å². The first-order valence-electron chi connectivity index (χ1n) is 7.35. The summed E-state index contributed by atoms with van der Waals surface area (Å²) in [4.78, 5) is 0. The third kappa shape index (κ3) is 3.33. The van der Waals surface area contributed by atoms with Crippen LogP contribution in [-0.2, 0) is 0 Å². The van der Waals surface area contributed by atoms with Crippen molar-refractivity contribution in [3.8, 4) is 0 Å². The Morgan fingerprint density at radius 3 is 2.72 bits per heavy atom. The number of unbranched alkanes of at least 4 members (excludes halogenated alkanes) is 1. The molecule has 0 bridgehead atoms. The van der Waals surface area contributed by atoms with Gasteiger partial charge in [-0.1, -0.05) is 50.1 Å². The van der Waals surface area contributed by atoms with Gasteiger partial charge in [-0.3, -0.25) is 0 Å². The van der Waals surface area contributed by atoms with E-state index in [0.29, 0.717) is 6.04 Å². The summed E-state index contributed by atoms with van der Waals surface area (Å²) in [5.41, 5.74) is 1.47. The molecule has 1 atom stereocenters. The van der Waals surface area contributed by atoms with Crippen LogP contribution in [0.2, 0.25) is 0 Å². The first kappa shape index (κ1) is 13.6. The molecule has 1 aromatic carbocycles. The van der Waals surface area contributed by atoms with Crippen LogP contribution in [-0.4, -0.2) is 30.2 Å². The molecule has 18 heavy (non-hydrogen) atoms. The molecule has 0 amide bonds. The molecule has 1 fully saturated rings. The van der Waals surface area contributed by atoms with E-state index < -0.39 is 0 Å². The molecule has 1 aliphatic rings. The quantitative estimate of drug-likeness (QED) is 0.778. The summed E-state index contributed by atoms with van der Waals surface area (Å²) in [7, 11) is 2.25. The Kier molecular flexibility index (Phi) is 5.21. The van der Waals surface area contributed by atoms with Crippen LogP contribution in [0.15, 0.2) is 30.3 Å². The molecule has 2 heteroatoms. The van der Waals surface area contributed by atoms with Crippen LogP contribution in [0.1, 0.15) is 50.6 Å². The molecule has 0 radical (unpaired) electrons. The van der Waals surface area contributed by atoms with E-state index in [1.807, 2.05) is 0 Å². The summed E-state index contributed by atoms with van der Waals surface area (Å²) in [6.07, 6.45) is 6.54. The van der Waals surface area contributed by atoms with E-state index in [-0.39, 0.29) is 0 Å². The molecular formula is C16H26N2. The van der Waals surface area contributed by atoms with Crippen LogP contribution in [0.25, 0.3) is 0 Å². The summed E-state index contributed by atoms with van der Waals surface area (Å²) in [5.74, 6) is 0. The van der Waals surface area contributed by atoms with Crippen molar-refractivity contribution >= 4 is 0 Å². The molecule has 0 aromatic heterocycles. The normalized spacial score (nSPS) is 21.4. The minimum atomic E-state index is 0.585. The second kappa shape index (κ2) is 6.91. The topological polar surface area (TPSA) is 6.48 Å². The van der Waals surface area contributed by atoms with Gasteiger partial charge in [0, 0.05) is 26.2 Å². The second-order valence-corrected chi connectivity index (χ2v) is 5.32. The van der Waals surface area contributed by atoms with Gasteiger partial charge < -0.3 is 0 Å². The lowest BCUT2D eigenvalue weighted by Crippen LogP contribution is -2.45. The van der Waals surface area contributed by atoms with Crippen molar-refractivity contribution in [1.29, 1.82) is 0 Å². The fourth-order valence-electron chi connectivity index (χ4n) is 2.85. The highest BCUT2D eigenvalue weighted by Crippen LogP contribution is 2.31. The van der Waals surface area contributed by atoms with Gasteiger partial charge in [0.1, 0.15) is 0 Å². The van der Waals surface area contributed by atoms with Gasteiger partial charge >= 0.3 is 0 Å². The Hall–Kier alpha value is -0.860. The number of hydrogen-bond donors (Lipinski definition) is 0. The van der Waals surface area contributed by atoms with E-state index in [9.17, 15) is 0 Å². The summed E-state index contributed by atoms with van der Waals surface area (Å²) < 4.78 is 0. The van der Waals surface area contributed by atoms with Crippen molar-refractivity contribution in [2.75, 3.05) is 20.1 Å². The van der Waals surface area contributed by atoms with Crippen LogP contribution < -0.4 is 0 Å². The monoisotopic (exact) mass is 246 g/mol. The largest absolute Gasteiger partial charge is 0.244 e. The molecule has 1 saturated heterocycles. The summed E-state index contributed by atoms with van der Waals surface area (Å²) in [5, 5.41) is 5.02. The van der Waals surface area contributed by atoms with Gasteiger partial charge in [0.05, 0.1) is 0 Å². The van der Waals surface area contributed by atoms with E-state index >= 15 is 0 Å². The molecule has 0 spiro atoms. The molecule has 1 aliphatic heterocycles. The maximum atomic E-state index is 2.58. The molecule has 2 nitrogen and oxygen atoms in total. The van der Waals surface area contributed by atoms with Crippen molar-refractivity contribution in [3.63, 3.8) is 0 Å². The number of benzene rings is 1. The number of rotatable bonds is 5. The number of piperidine rings is 1. The molecular weight excluding hydrogens is 220 g/mol. The van der Waals surface area contributed by atoms with Crippen molar-refractivity contribution in [2.45, 2.75) is 45.1 Å². The minimum Gasteiger partial charge on any atom is -0.244 e. The summed E-state index contributed by atoms with van der Waals surface area (Å²) in [6.45, 7) is 4.65. The molecule has 0 aliphatic carbocycles. The zero-order chi connectivity index (χ0) is 12.8. The van der Waals surface area contributed by atoms with Crippen molar-refractivity contribution in [2.24, 2.45) is 0 Å². The first-order chi connectivity index (χ1) is 8.83. The van der Waals surface area contributed by atoms with Gasteiger partial charge in [-0.05, 0) is 24.8 Å². The van der Waals surface area contributed by atoms with Crippen molar-refractivity contribution in [1.82, 2.24) is 10.0 Å². The Bertz CT molecular complexity index is 336. The molecule has 0 N–H and O–H groups in total. The van der Waals surface area contributed by atoms with Crippen molar-refractivity contribution < 1.29 is 0 Å². The third-order valence-electron chi connectivity index (χ3n) is 3.93. The highest BCUT2D eigenvalue weighted by Gasteiger charge is 2.26. The van der Waals surface area contributed by atoms with Crippen LogP contribution >= 0.6 is 0 Å². The maximum absolute atomic E-state index is 2.58. The predicted octanol–water partition coefficient (Wildman–Crippen LogP) is 3.86. The van der Waals surface area contributed by atoms with E-state index in [1.54, 1.807) is 0 Å². The highest BCUT2D eigenvalue weighted by molar-refractivity contribution is 5.19. The number of nitrogens with zero attached hydrogens (tertiary/aromatic N) is 2. The smallest absolute Gasteiger partial charge is 0.0495 e. The molecule has 0 saturated carbocycles. The zero-order valence-corrected chi connectivity index (χ0v) is 11.8. The zero-order valence-electron chi connectivity index (χ0n) is 11.8. The Balaban J connectivity index is 2.06. The van der Waals surface area contributed by atoms with E-state index in [2.05, 4.69) is 54.3 Å². The molecule has 2 rings (SSSR count). The number of hydrazine groups is 1. The Morgan fingerprint density at radius 2 is 2.00 bits per heavy atom. The second-order valence-electron chi connectivity index (χ2n) is 5.32. The Labute approximate surface area is 112 Å². The lowest BCUT2D eigenvalue weighted by molar-refractivity contribution is -0.0613. The highest BCUT2D eigenvalue weighted by atomic mass is 15.6. The van der Waals surface area contributed by atoms with E-state index in [0.717, 1.165) is 0 Å². The van der Waals surface area contributed by atoms with Crippen LogP contribution in [0.5, 0.6) is 0 Å². The third-order valence-corrected chi connectivity index (χ3v) is 3.93. The van der Waals surface area contributed by atoms with Gasteiger partial charge in [0.2, 0.25) is 0 Å². The fraction of sp³-hybridized carbons (Fsp3) is 0.625. The number of hydrogen-bond acceptors (Lipinski definition) is 2. The predicted molar refractivity (Wildman–Crippen MR) is 77.3 cm³/mol. The maximum Gasteiger partial charge on any atom is 0.0495 e. The summed E-state index contributed by atoms with van der Waals surface area (Å²) >= 11 is 0. The van der Waals surface area contributed by atoms with Gasteiger partial charge in [-0.2, -0.15) is 0 Å². The first-order valence-corrected chi connectivity index (χ1v) is 7.35. The van der Waals surface area contributed by atoms with Crippen molar-refractivity contribution in [3.05, 3.63) is 35.9 Å². The van der Waals surface area contributed by atoms with Crippen LogP contribution in [0, 0.1) is 0 Å². The Morgan fingerprint density at radius 1 is 1.22 bits per heavy atom. The van der Waals surface area contributed by atoms with Gasteiger partial charge in [0.15, 0.2) is 0 Å². The standard InChI is InChI=1S/C16H26N2/c1-3-4-13-17(2)18-14-9-8-12-16(18)15-10-6-5-7-11-15/h5-7,10-11,16H,3-4,8-9,12-14H2,1-2H3.